The van der Waals surface area contributed by atoms with Gasteiger partial charge in [-0.15, -0.1) is 10.2 Å². The first-order chi connectivity index (χ1) is 8.27. The average molecular weight is 234 g/mol. The highest BCUT2D eigenvalue weighted by Crippen LogP contribution is 2.09. The van der Waals surface area contributed by atoms with E-state index < -0.39 is 0 Å². The van der Waals surface area contributed by atoms with Crippen LogP contribution in [0.3, 0.4) is 0 Å². The minimum atomic E-state index is -0.261. The van der Waals surface area contributed by atoms with Gasteiger partial charge in [0.1, 0.15) is 6.33 Å². The Hall–Kier alpha value is -2.18. The highest BCUT2D eigenvalue weighted by atomic mass is 16.1. The molecule has 0 aliphatic heterocycles. The molecule has 2 rings (SSSR count). The van der Waals surface area contributed by atoms with Crippen LogP contribution in [-0.4, -0.2) is 32.0 Å². The average Bonchev–Trinajstić information content (AvgIpc) is 2.77. The Morgan fingerprint density at radius 1 is 1.47 bits per heavy atom. The molecule has 1 amide bonds. The second kappa shape index (κ2) is 5.24. The first-order valence-electron chi connectivity index (χ1n) is 5.44. The lowest BCUT2D eigenvalue weighted by atomic mass is 10.2. The molecule has 0 atom stereocenters. The van der Waals surface area contributed by atoms with Crippen molar-refractivity contribution in [2.24, 2.45) is 5.73 Å². The van der Waals surface area contributed by atoms with Crippen LogP contribution in [0.5, 0.6) is 0 Å². The largest absolute Gasteiger partial charge is 0.370 e. The van der Waals surface area contributed by atoms with Crippen molar-refractivity contribution in [2.75, 3.05) is 11.9 Å². The smallest absolute Gasteiger partial charge is 0.217 e. The monoisotopic (exact) mass is 234 g/mol. The van der Waals surface area contributed by atoms with Crippen molar-refractivity contribution < 1.29 is 4.79 Å². The van der Waals surface area contributed by atoms with Crippen LogP contribution < -0.4 is 11.1 Å². The SMILES string of the molecule is NC(=O)CCCCNc1nccn2cnnc12. The molecule has 7 nitrogen and oxygen atoms in total. The Bertz CT molecular complexity index is 508. The predicted octanol–water partition coefficient (Wildman–Crippen LogP) is 0.192. The molecular weight excluding hydrogens is 220 g/mol. The van der Waals surface area contributed by atoms with Gasteiger partial charge in [-0.25, -0.2) is 4.98 Å². The fraction of sp³-hybridized carbons (Fsp3) is 0.400. The number of amides is 1. The number of nitrogens with zero attached hydrogens (tertiary/aromatic N) is 4. The molecule has 0 aliphatic rings. The summed E-state index contributed by atoms with van der Waals surface area (Å²) in [6, 6.07) is 0. The van der Waals surface area contributed by atoms with Gasteiger partial charge in [-0.1, -0.05) is 0 Å². The number of anilines is 1. The highest BCUT2D eigenvalue weighted by Gasteiger charge is 2.03. The van der Waals surface area contributed by atoms with Crippen molar-refractivity contribution in [2.45, 2.75) is 19.3 Å². The van der Waals surface area contributed by atoms with Gasteiger partial charge in [0, 0.05) is 25.4 Å². The van der Waals surface area contributed by atoms with Crippen LogP contribution in [0.2, 0.25) is 0 Å². The van der Waals surface area contributed by atoms with E-state index in [1.165, 1.54) is 0 Å². The number of primary amides is 1. The van der Waals surface area contributed by atoms with Gasteiger partial charge in [-0.3, -0.25) is 9.20 Å². The van der Waals surface area contributed by atoms with Gasteiger partial charge in [0.2, 0.25) is 11.6 Å². The van der Waals surface area contributed by atoms with E-state index in [2.05, 4.69) is 20.5 Å². The van der Waals surface area contributed by atoms with E-state index in [0.717, 1.165) is 19.4 Å². The molecule has 0 radical (unpaired) electrons. The van der Waals surface area contributed by atoms with Gasteiger partial charge in [0.05, 0.1) is 0 Å². The summed E-state index contributed by atoms with van der Waals surface area (Å²) < 4.78 is 1.79. The second-order valence-electron chi connectivity index (χ2n) is 3.69. The number of carbonyl (C=O) groups is 1. The van der Waals surface area contributed by atoms with E-state index in [1.54, 1.807) is 23.1 Å². The van der Waals surface area contributed by atoms with Crippen LogP contribution in [0, 0.1) is 0 Å². The van der Waals surface area contributed by atoms with Crippen molar-refractivity contribution in [3.05, 3.63) is 18.7 Å². The van der Waals surface area contributed by atoms with Crippen LogP contribution in [0.15, 0.2) is 18.7 Å². The van der Waals surface area contributed by atoms with Crippen molar-refractivity contribution in [1.29, 1.82) is 0 Å². The second-order valence-corrected chi connectivity index (χ2v) is 3.69. The Labute approximate surface area is 98.1 Å². The fourth-order valence-electron chi connectivity index (χ4n) is 1.51. The summed E-state index contributed by atoms with van der Waals surface area (Å²) in [5, 5.41) is 10.9. The summed E-state index contributed by atoms with van der Waals surface area (Å²) in [6.07, 6.45) is 7.15. The Morgan fingerprint density at radius 2 is 2.35 bits per heavy atom. The molecule has 0 fully saturated rings. The molecule has 0 bridgehead atoms. The number of hydrogen-bond donors (Lipinski definition) is 2. The maximum Gasteiger partial charge on any atom is 0.217 e. The maximum absolute atomic E-state index is 10.5. The Kier molecular flexibility index (Phi) is 3.49. The summed E-state index contributed by atoms with van der Waals surface area (Å²) in [6.45, 7) is 0.729. The zero-order valence-electron chi connectivity index (χ0n) is 9.33. The molecule has 0 aliphatic carbocycles. The molecule has 2 heterocycles. The number of fused-ring (bicyclic) bond motifs is 1. The standard InChI is InChI=1S/C10H14N6O/c11-8(17)3-1-2-4-12-9-10-15-14-7-16(10)6-5-13-9/h5-7H,1-4H2,(H2,11,17)(H,12,13). The highest BCUT2D eigenvalue weighted by molar-refractivity contribution is 5.73. The van der Waals surface area contributed by atoms with Crippen molar-refractivity contribution in [3.8, 4) is 0 Å². The van der Waals surface area contributed by atoms with Crippen LogP contribution in [0.1, 0.15) is 19.3 Å². The third kappa shape index (κ3) is 2.90. The lowest BCUT2D eigenvalue weighted by molar-refractivity contribution is -0.118. The van der Waals surface area contributed by atoms with Gasteiger partial charge < -0.3 is 11.1 Å². The summed E-state index contributed by atoms with van der Waals surface area (Å²) in [7, 11) is 0. The summed E-state index contributed by atoms with van der Waals surface area (Å²) in [5.74, 6) is 0.437. The molecular formula is C10H14N6O. The molecule has 3 N–H and O–H groups in total. The molecule has 17 heavy (non-hydrogen) atoms. The summed E-state index contributed by atoms with van der Waals surface area (Å²) in [5.41, 5.74) is 5.75. The van der Waals surface area contributed by atoms with E-state index in [9.17, 15) is 4.79 Å². The van der Waals surface area contributed by atoms with Gasteiger partial charge in [0.15, 0.2) is 5.82 Å². The minimum Gasteiger partial charge on any atom is -0.370 e. The molecule has 7 heteroatoms. The normalized spacial score (nSPS) is 10.6. The zero-order chi connectivity index (χ0) is 12.1. The molecule has 0 aromatic carbocycles. The molecule has 0 unspecified atom stereocenters. The quantitative estimate of drug-likeness (QED) is 0.695. The third-order valence-corrected chi connectivity index (χ3v) is 2.36. The number of carbonyl (C=O) groups excluding carboxylic acids is 1. The molecule has 0 saturated heterocycles. The van der Waals surface area contributed by atoms with Gasteiger partial charge in [-0.2, -0.15) is 0 Å². The predicted molar refractivity (Wildman–Crippen MR) is 62.3 cm³/mol. The number of aromatic nitrogens is 4. The Morgan fingerprint density at radius 3 is 3.18 bits per heavy atom. The first-order valence-corrected chi connectivity index (χ1v) is 5.44. The van der Waals surface area contributed by atoms with E-state index in [1.807, 2.05) is 0 Å². The van der Waals surface area contributed by atoms with Crippen LogP contribution in [0.4, 0.5) is 5.82 Å². The Balaban J connectivity index is 1.86. The van der Waals surface area contributed by atoms with Gasteiger partial charge in [0.25, 0.3) is 0 Å². The minimum absolute atomic E-state index is 0.261. The van der Waals surface area contributed by atoms with Crippen molar-refractivity contribution >= 4 is 17.4 Å². The van der Waals surface area contributed by atoms with E-state index >= 15 is 0 Å². The number of hydrogen-bond acceptors (Lipinski definition) is 5. The molecule has 0 saturated carbocycles. The lowest BCUT2D eigenvalue weighted by Crippen LogP contribution is -2.11. The van der Waals surface area contributed by atoms with Crippen LogP contribution in [0.25, 0.3) is 5.65 Å². The van der Waals surface area contributed by atoms with Crippen molar-refractivity contribution in [1.82, 2.24) is 19.6 Å². The number of rotatable bonds is 6. The number of unbranched alkanes of at least 4 members (excludes halogenated alkanes) is 1. The fourth-order valence-corrected chi connectivity index (χ4v) is 1.51. The number of nitrogens with one attached hydrogen (secondary N) is 1. The maximum atomic E-state index is 10.5. The molecule has 90 valence electrons. The summed E-state index contributed by atoms with van der Waals surface area (Å²) in [4.78, 5) is 14.7. The van der Waals surface area contributed by atoms with Crippen LogP contribution in [-0.2, 0) is 4.79 Å². The molecule has 2 aromatic heterocycles. The number of nitrogens with two attached hydrogens (primary N) is 1. The van der Waals surface area contributed by atoms with E-state index in [0.29, 0.717) is 17.9 Å². The molecule has 2 aromatic rings. The van der Waals surface area contributed by atoms with Crippen LogP contribution >= 0.6 is 0 Å². The van der Waals surface area contributed by atoms with E-state index in [-0.39, 0.29) is 5.91 Å². The summed E-state index contributed by atoms with van der Waals surface area (Å²) >= 11 is 0. The first kappa shape index (κ1) is 11.3. The van der Waals surface area contributed by atoms with E-state index in [4.69, 9.17) is 5.73 Å². The third-order valence-electron chi connectivity index (χ3n) is 2.36. The molecule has 0 spiro atoms. The zero-order valence-corrected chi connectivity index (χ0v) is 9.33. The van der Waals surface area contributed by atoms with Gasteiger partial charge >= 0.3 is 0 Å². The van der Waals surface area contributed by atoms with Crippen molar-refractivity contribution in [3.63, 3.8) is 0 Å². The topological polar surface area (TPSA) is 98.2 Å². The van der Waals surface area contributed by atoms with Gasteiger partial charge in [-0.05, 0) is 12.8 Å². The lowest BCUT2D eigenvalue weighted by Gasteiger charge is -2.05.